The van der Waals surface area contributed by atoms with Gasteiger partial charge < -0.3 is 10.6 Å². The van der Waals surface area contributed by atoms with Gasteiger partial charge >= 0.3 is 0 Å². The van der Waals surface area contributed by atoms with Crippen molar-refractivity contribution in [2.24, 2.45) is 0 Å². The van der Waals surface area contributed by atoms with E-state index in [1.54, 1.807) is 11.3 Å². The second-order valence-electron chi connectivity index (χ2n) is 6.60. The lowest BCUT2D eigenvalue weighted by molar-refractivity contribution is -0.121. The smallest absolute Gasteiger partial charge is 0.221 e. The average Bonchev–Trinajstić information content (AvgIpc) is 3.20. The summed E-state index contributed by atoms with van der Waals surface area (Å²) in [6.07, 6.45) is 10.5. The highest BCUT2D eigenvalue weighted by atomic mass is 32.1. The lowest BCUT2D eigenvalue weighted by Crippen LogP contribution is -2.32. The Morgan fingerprint density at radius 1 is 1.27 bits per heavy atom. The third-order valence-electron chi connectivity index (χ3n) is 4.85. The fourth-order valence-corrected chi connectivity index (χ4v) is 4.44. The number of thiazole rings is 1. The molecule has 1 amide bonds. The minimum Gasteiger partial charge on any atom is -0.356 e. The van der Waals surface area contributed by atoms with Crippen molar-refractivity contribution in [1.82, 2.24) is 15.6 Å². The Morgan fingerprint density at radius 3 is 2.91 bits per heavy atom. The molecule has 2 aliphatic rings. The van der Waals surface area contributed by atoms with Gasteiger partial charge in [0.1, 0.15) is 0 Å². The number of rotatable bonds is 6. The van der Waals surface area contributed by atoms with Crippen LogP contribution in [0, 0.1) is 0 Å². The van der Waals surface area contributed by atoms with Crippen LogP contribution >= 0.6 is 11.3 Å². The fraction of sp³-hybridized carbons (Fsp3) is 0.765. The molecule has 2 fully saturated rings. The SMILES string of the molecule is O=C(CC1CCCN1)NCCc1nc(C2CCCCC2)cs1. The molecule has 1 saturated heterocycles. The summed E-state index contributed by atoms with van der Waals surface area (Å²) in [4.78, 5) is 16.7. The van der Waals surface area contributed by atoms with Gasteiger partial charge in [-0.15, -0.1) is 11.3 Å². The summed E-state index contributed by atoms with van der Waals surface area (Å²) >= 11 is 1.75. The number of carbonyl (C=O) groups is 1. The average molecular weight is 321 g/mol. The van der Waals surface area contributed by atoms with Crippen molar-refractivity contribution in [1.29, 1.82) is 0 Å². The minimum absolute atomic E-state index is 0.170. The van der Waals surface area contributed by atoms with E-state index in [0.29, 0.717) is 24.9 Å². The van der Waals surface area contributed by atoms with Gasteiger partial charge in [0.15, 0.2) is 0 Å². The first-order valence-electron chi connectivity index (χ1n) is 8.75. The lowest BCUT2D eigenvalue weighted by Gasteiger charge is -2.19. The van der Waals surface area contributed by atoms with Crippen molar-refractivity contribution in [2.75, 3.05) is 13.1 Å². The normalized spacial score (nSPS) is 22.8. The fourth-order valence-electron chi connectivity index (χ4n) is 3.56. The summed E-state index contributed by atoms with van der Waals surface area (Å²) in [6.45, 7) is 1.77. The van der Waals surface area contributed by atoms with E-state index >= 15 is 0 Å². The Morgan fingerprint density at radius 2 is 2.14 bits per heavy atom. The zero-order valence-electron chi connectivity index (χ0n) is 13.3. The quantitative estimate of drug-likeness (QED) is 0.847. The van der Waals surface area contributed by atoms with Gasteiger partial charge in [0, 0.05) is 36.7 Å². The zero-order chi connectivity index (χ0) is 15.2. The standard InChI is InChI=1S/C17H27N3OS/c21-16(11-14-7-4-9-18-14)19-10-8-17-20-15(12-22-17)13-5-2-1-3-6-13/h12-14,18H,1-11H2,(H,19,21). The van der Waals surface area contributed by atoms with Crippen LogP contribution in [0.4, 0.5) is 0 Å². The first kappa shape index (κ1) is 15.9. The van der Waals surface area contributed by atoms with Gasteiger partial charge in [0.25, 0.3) is 0 Å². The topological polar surface area (TPSA) is 54.0 Å². The summed E-state index contributed by atoms with van der Waals surface area (Å²) in [5.74, 6) is 0.852. The van der Waals surface area contributed by atoms with E-state index in [4.69, 9.17) is 4.98 Å². The van der Waals surface area contributed by atoms with Crippen LogP contribution in [-0.2, 0) is 11.2 Å². The Balaban J connectivity index is 1.38. The maximum absolute atomic E-state index is 11.9. The van der Waals surface area contributed by atoms with Gasteiger partial charge in [-0.05, 0) is 32.2 Å². The molecule has 4 nitrogen and oxygen atoms in total. The van der Waals surface area contributed by atoms with Crippen molar-refractivity contribution < 1.29 is 4.79 Å². The monoisotopic (exact) mass is 321 g/mol. The van der Waals surface area contributed by atoms with Crippen LogP contribution < -0.4 is 10.6 Å². The molecule has 0 radical (unpaired) electrons. The molecular formula is C17H27N3OS. The number of amides is 1. The van der Waals surface area contributed by atoms with E-state index in [1.165, 1.54) is 49.2 Å². The van der Waals surface area contributed by atoms with E-state index in [9.17, 15) is 4.79 Å². The molecule has 1 unspecified atom stereocenters. The number of nitrogens with one attached hydrogen (secondary N) is 2. The highest BCUT2D eigenvalue weighted by Gasteiger charge is 2.19. The first-order valence-corrected chi connectivity index (χ1v) is 9.63. The number of nitrogens with zero attached hydrogens (tertiary/aromatic N) is 1. The highest BCUT2D eigenvalue weighted by Crippen LogP contribution is 2.33. The van der Waals surface area contributed by atoms with Crippen LogP contribution in [0.15, 0.2) is 5.38 Å². The van der Waals surface area contributed by atoms with Crippen molar-refractivity contribution in [3.05, 3.63) is 16.1 Å². The number of aromatic nitrogens is 1. The number of hydrogen-bond acceptors (Lipinski definition) is 4. The van der Waals surface area contributed by atoms with E-state index < -0.39 is 0 Å². The van der Waals surface area contributed by atoms with Crippen LogP contribution in [0.25, 0.3) is 0 Å². The molecule has 1 atom stereocenters. The molecule has 122 valence electrons. The predicted molar refractivity (Wildman–Crippen MR) is 90.3 cm³/mol. The largest absolute Gasteiger partial charge is 0.356 e. The van der Waals surface area contributed by atoms with Gasteiger partial charge in [0.2, 0.25) is 5.91 Å². The number of carbonyl (C=O) groups excluding carboxylic acids is 1. The molecule has 1 aromatic heterocycles. The van der Waals surface area contributed by atoms with Gasteiger partial charge in [-0.1, -0.05) is 19.3 Å². The van der Waals surface area contributed by atoms with Crippen LogP contribution in [0.3, 0.4) is 0 Å². The Hall–Kier alpha value is -0.940. The Kier molecular flexibility index (Phi) is 5.84. The molecule has 0 bridgehead atoms. The van der Waals surface area contributed by atoms with E-state index in [-0.39, 0.29) is 5.91 Å². The van der Waals surface area contributed by atoms with Gasteiger partial charge in [0.05, 0.1) is 10.7 Å². The third kappa shape index (κ3) is 4.53. The Bertz CT molecular complexity index is 476. The molecule has 2 heterocycles. The van der Waals surface area contributed by atoms with Gasteiger partial charge in [-0.2, -0.15) is 0 Å². The van der Waals surface area contributed by atoms with E-state index in [0.717, 1.165) is 19.4 Å². The molecule has 22 heavy (non-hydrogen) atoms. The summed E-state index contributed by atoms with van der Waals surface area (Å²) in [7, 11) is 0. The molecule has 1 aliphatic heterocycles. The van der Waals surface area contributed by atoms with Gasteiger partial charge in [-0.3, -0.25) is 4.79 Å². The van der Waals surface area contributed by atoms with Crippen LogP contribution in [0.1, 0.15) is 68.0 Å². The molecule has 1 saturated carbocycles. The third-order valence-corrected chi connectivity index (χ3v) is 5.77. The molecule has 1 aromatic rings. The zero-order valence-corrected chi connectivity index (χ0v) is 14.1. The van der Waals surface area contributed by atoms with Crippen LogP contribution in [0.5, 0.6) is 0 Å². The maximum atomic E-state index is 11.9. The summed E-state index contributed by atoms with van der Waals surface area (Å²) < 4.78 is 0. The summed E-state index contributed by atoms with van der Waals surface area (Å²) in [5.41, 5.74) is 1.29. The molecule has 5 heteroatoms. The van der Waals surface area contributed by atoms with Gasteiger partial charge in [-0.25, -0.2) is 4.98 Å². The van der Waals surface area contributed by atoms with Crippen LogP contribution in [-0.4, -0.2) is 30.0 Å². The molecule has 2 N–H and O–H groups in total. The second-order valence-corrected chi connectivity index (χ2v) is 7.54. The molecule has 0 spiro atoms. The van der Waals surface area contributed by atoms with E-state index in [1.807, 2.05) is 0 Å². The maximum Gasteiger partial charge on any atom is 0.221 e. The second kappa shape index (κ2) is 8.06. The first-order chi connectivity index (χ1) is 10.8. The molecule has 0 aromatic carbocycles. The Labute approximate surface area is 137 Å². The van der Waals surface area contributed by atoms with Crippen molar-refractivity contribution >= 4 is 17.2 Å². The van der Waals surface area contributed by atoms with Crippen molar-refractivity contribution in [3.8, 4) is 0 Å². The molecule has 1 aliphatic carbocycles. The summed E-state index contributed by atoms with van der Waals surface area (Å²) in [5, 5.41) is 9.80. The predicted octanol–water partition coefficient (Wildman–Crippen LogP) is 2.99. The minimum atomic E-state index is 0.170. The van der Waals surface area contributed by atoms with Crippen molar-refractivity contribution in [2.45, 2.75) is 69.7 Å². The number of hydrogen-bond donors (Lipinski definition) is 2. The highest BCUT2D eigenvalue weighted by molar-refractivity contribution is 7.09. The summed E-state index contributed by atoms with van der Waals surface area (Å²) in [6, 6.07) is 0.387. The van der Waals surface area contributed by atoms with Crippen molar-refractivity contribution in [3.63, 3.8) is 0 Å². The van der Waals surface area contributed by atoms with E-state index in [2.05, 4.69) is 16.0 Å². The molecular weight excluding hydrogens is 294 g/mol. The lowest BCUT2D eigenvalue weighted by atomic mass is 9.87. The molecule has 3 rings (SSSR count). The van der Waals surface area contributed by atoms with Crippen LogP contribution in [0.2, 0.25) is 0 Å².